The maximum absolute atomic E-state index is 13.2. The number of carbonyl (C=O) groups excluding carboxylic acids is 1. The first-order valence-electron chi connectivity index (χ1n) is 31.7. The summed E-state index contributed by atoms with van der Waals surface area (Å²) in [6.45, 7) is 3.50. The van der Waals surface area contributed by atoms with E-state index in [2.05, 4.69) is 47.7 Å². The van der Waals surface area contributed by atoms with Gasteiger partial charge in [0, 0.05) is 6.42 Å². The van der Waals surface area contributed by atoms with Crippen LogP contribution in [0.25, 0.3) is 0 Å². The number of hydrogen-bond acceptors (Lipinski definition) is 10. The zero-order chi connectivity index (χ0) is 54.7. The van der Waals surface area contributed by atoms with Crippen molar-refractivity contribution in [3.8, 4) is 0 Å². The van der Waals surface area contributed by atoms with E-state index in [1.807, 2.05) is 0 Å². The van der Waals surface area contributed by atoms with Crippen LogP contribution in [0.1, 0.15) is 309 Å². The van der Waals surface area contributed by atoms with Crippen molar-refractivity contribution >= 4 is 16.3 Å². The first-order valence-corrected chi connectivity index (χ1v) is 33.1. The number of ether oxygens (including phenoxy) is 2. The van der Waals surface area contributed by atoms with Crippen molar-refractivity contribution < 1.29 is 51.8 Å². The van der Waals surface area contributed by atoms with Crippen LogP contribution in [0.15, 0.2) is 24.3 Å². The lowest BCUT2D eigenvalue weighted by Crippen LogP contribution is -2.61. The molecule has 1 heterocycles. The Labute approximate surface area is 461 Å². The number of rotatable bonds is 56. The monoisotopic (exact) mass is 1090 g/mol. The van der Waals surface area contributed by atoms with Crippen LogP contribution in [0.5, 0.6) is 0 Å². The molecule has 0 spiro atoms. The number of amides is 1. The number of hydrogen-bond donors (Lipinski definition) is 6. The molecule has 1 amide bonds. The van der Waals surface area contributed by atoms with Gasteiger partial charge in [-0.3, -0.25) is 9.35 Å². The molecule has 0 aromatic heterocycles. The molecule has 13 heteroatoms. The summed E-state index contributed by atoms with van der Waals surface area (Å²) in [5, 5.41) is 45.2. The van der Waals surface area contributed by atoms with E-state index in [0.29, 0.717) is 12.8 Å². The van der Waals surface area contributed by atoms with Gasteiger partial charge in [0.1, 0.15) is 24.4 Å². The van der Waals surface area contributed by atoms with E-state index in [-0.39, 0.29) is 18.9 Å². The van der Waals surface area contributed by atoms with E-state index >= 15 is 0 Å². The van der Waals surface area contributed by atoms with E-state index in [0.717, 1.165) is 57.8 Å². The van der Waals surface area contributed by atoms with Gasteiger partial charge in [-0.2, -0.15) is 8.42 Å². The molecule has 0 aromatic carbocycles. The van der Waals surface area contributed by atoms with Gasteiger partial charge in [-0.15, -0.1) is 0 Å². The Balaban J connectivity index is 2.31. The Morgan fingerprint density at radius 2 is 0.893 bits per heavy atom. The third-order valence-electron chi connectivity index (χ3n) is 15.3. The zero-order valence-corrected chi connectivity index (χ0v) is 49.2. The highest BCUT2D eigenvalue weighted by molar-refractivity contribution is 7.80. The standard InChI is InChI=1S/C62H119NO11S/c1-3-5-7-9-11-13-15-17-19-21-23-25-27-28-30-31-33-35-37-39-41-43-45-47-49-51-56(65)55(54-72-62-60(68)61(74-75(69,70)71)59(67)57(53-64)73-62)63-58(66)52-50-48-46-44-42-40-38-36-34-32-29-26-24-22-20-18-16-14-12-10-8-6-4-2/h24,26,32,34,55-57,59-62,64-65,67-68H,3-23,25,27-31,33,35-54H2,1-2H3,(H,63,66)(H,69,70,71)/b26-24-,34-32-. The second kappa shape index (κ2) is 52.0. The highest BCUT2D eigenvalue weighted by Gasteiger charge is 2.48. The Morgan fingerprint density at radius 1 is 0.533 bits per heavy atom. The van der Waals surface area contributed by atoms with Gasteiger partial charge in [0.05, 0.1) is 25.4 Å². The zero-order valence-electron chi connectivity index (χ0n) is 48.4. The molecule has 0 radical (unpaired) electrons. The van der Waals surface area contributed by atoms with Crippen LogP contribution in [0, 0.1) is 0 Å². The molecule has 0 aromatic rings. The predicted octanol–water partition coefficient (Wildman–Crippen LogP) is 15.6. The van der Waals surface area contributed by atoms with Gasteiger partial charge in [0.2, 0.25) is 5.91 Å². The maximum Gasteiger partial charge on any atom is 0.397 e. The minimum Gasteiger partial charge on any atom is -0.394 e. The van der Waals surface area contributed by atoms with Crippen molar-refractivity contribution in [3.63, 3.8) is 0 Å². The second-order valence-corrected chi connectivity index (χ2v) is 23.4. The Morgan fingerprint density at radius 3 is 1.27 bits per heavy atom. The largest absolute Gasteiger partial charge is 0.397 e. The van der Waals surface area contributed by atoms with Gasteiger partial charge in [-0.25, -0.2) is 4.18 Å². The topological polar surface area (TPSA) is 192 Å². The SMILES string of the molecule is CCCCCCCCCCC/C=C\C/C=C\CCCCCCCCCC(=O)NC(COC1OC(CO)C(O)C(OS(=O)(=O)O)C1O)C(O)CCCCCCCCCCCCCCCCCCCCCCCCCCC. The van der Waals surface area contributed by atoms with E-state index < -0.39 is 59.9 Å². The van der Waals surface area contributed by atoms with E-state index in [4.69, 9.17) is 9.47 Å². The third-order valence-corrected chi connectivity index (χ3v) is 15.7. The first kappa shape index (κ1) is 71.6. The fraction of sp³-hybridized carbons (Fsp3) is 0.919. The lowest BCUT2D eigenvalue weighted by atomic mass is 9.99. The molecule has 1 aliphatic heterocycles. The van der Waals surface area contributed by atoms with E-state index in [1.165, 1.54) is 218 Å². The molecule has 0 saturated carbocycles. The minimum atomic E-state index is -5.08. The molecular formula is C62H119NO11S. The van der Waals surface area contributed by atoms with Crippen LogP contribution in [0.3, 0.4) is 0 Å². The van der Waals surface area contributed by atoms with E-state index in [9.17, 15) is 38.2 Å². The normalized spacial score (nSPS) is 19.2. The van der Waals surface area contributed by atoms with Gasteiger partial charge in [0.15, 0.2) is 6.29 Å². The number of allylic oxidation sites excluding steroid dienone is 4. The molecule has 7 unspecified atom stereocenters. The fourth-order valence-corrected chi connectivity index (χ4v) is 10.9. The Kier molecular flexibility index (Phi) is 49.6. The molecule has 12 nitrogen and oxygen atoms in total. The molecule has 7 atom stereocenters. The first-order chi connectivity index (χ1) is 36.5. The minimum absolute atomic E-state index is 0.232. The van der Waals surface area contributed by atoms with Crippen LogP contribution >= 0.6 is 0 Å². The molecule has 0 aliphatic carbocycles. The highest BCUT2D eigenvalue weighted by atomic mass is 32.3. The summed E-state index contributed by atoms with van der Waals surface area (Å²) in [5.74, 6) is -0.232. The summed E-state index contributed by atoms with van der Waals surface area (Å²) in [4.78, 5) is 13.2. The maximum atomic E-state index is 13.2. The molecule has 75 heavy (non-hydrogen) atoms. The van der Waals surface area contributed by atoms with Crippen molar-refractivity contribution in [2.45, 2.75) is 352 Å². The third kappa shape index (κ3) is 44.1. The molecule has 6 N–H and O–H groups in total. The quantitative estimate of drug-likeness (QED) is 0.0193. The number of aliphatic hydroxyl groups is 4. The predicted molar refractivity (Wildman–Crippen MR) is 310 cm³/mol. The van der Waals surface area contributed by atoms with Gasteiger partial charge in [-0.05, 0) is 44.9 Å². The average molecular weight is 1090 g/mol. The molecule has 0 bridgehead atoms. The highest BCUT2D eigenvalue weighted by Crippen LogP contribution is 2.26. The Hall–Kier alpha value is -1.42. The summed E-state index contributed by atoms with van der Waals surface area (Å²) in [7, 11) is -5.08. The summed E-state index contributed by atoms with van der Waals surface area (Å²) in [6.07, 6.45) is 56.2. The second-order valence-electron chi connectivity index (χ2n) is 22.4. The van der Waals surface area contributed by atoms with Crippen LogP contribution in [-0.2, 0) is 28.9 Å². The van der Waals surface area contributed by atoms with Gasteiger partial charge < -0.3 is 35.2 Å². The van der Waals surface area contributed by atoms with Crippen LogP contribution in [-0.4, -0.2) is 95.4 Å². The fourth-order valence-electron chi connectivity index (χ4n) is 10.4. The summed E-state index contributed by atoms with van der Waals surface area (Å²) < 4.78 is 48.0. The van der Waals surface area contributed by atoms with Crippen molar-refractivity contribution in [1.82, 2.24) is 5.32 Å². The summed E-state index contributed by atoms with van der Waals surface area (Å²) in [5.41, 5.74) is 0. The Bertz CT molecular complexity index is 1420. The molecular weight excluding hydrogens is 967 g/mol. The van der Waals surface area contributed by atoms with Crippen LogP contribution in [0.4, 0.5) is 0 Å². The summed E-state index contributed by atoms with van der Waals surface area (Å²) in [6, 6.07) is -0.863. The van der Waals surface area contributed by atoms with Crippen molar-refractivity contribution in [2.24, 2.45) is 0 Å². The molecule has 1 saturated heterocycles. The van der Waals surface area contributed by atoms with Crippen LogP contribution in [0.2, 0.25) is 0 Å². The number of aliphatic hydroxyl groups excluding tert-OH is 4. The lowest BCUT2D eigenvalue weighted by Gasteiger charge is -2.41. The van der Waals surface area contributed by atoms with Gasteiger partial charge in [0.25, 0.3) is 0 Å². The number of nitrogens with one attached hydrogen (secondary N) is 1. The van der Waals surface area contributed by atoms with Crippen LogP contribution < -0.4 is 5.32 Å². The van der Waals surface area contributed by atoms with E-state index in [1.54, 1.807) is 0 Å². The smallest absolute Gasteiger partial charge is 0.394 e. The van der Waals surface area contributed by atoms with Crippen molar-refractivity contribution in [3.05, 3.63) is 24.3 Å². The number of carbonyl (C=O) groups is 1. The summed E-state index contributed by atoms with van der Waals surface area (Å²) >= 11 is 0. The lowest BCUT2D eigenvalue weighted by molar-refractivity contribution is -0.298. The molecule has 444 valence electrons. The number of unbranched alkanes of at least 4 members (excludes halogenated alkanes) is 40. The molecule has 1 aliphatic rings. The molecule has 1 fully saturated rings. The van der Waals surface area contributed by atoms with Crippen molar-refractivity contribution in [2.75, 3.05) is 13.2 Å². The molecule has 1 rings (SSSR count). The van der Waals surface area contributed by atoms with Crippen molar-refractivity contribution in [1.29, 1.82) is 0 Å². The van der Waals surface area contributed by atoms with Gasteiger partial charge in [-0.1, -0.05) is 282 Å². The van der Waals surface area contributed by atoms with Gasteiger partial charge >= 0.3 is 10.4 Å². The average Bonchev–Trinajstić information content (AvgIpc) is 3.39.